The van der Waals surface area contributed by atoms with Crippen molar-refractivity contribution in [3.63, 3.8) is 0 Å². The summed E-state index contributed by atoms with van der Waals surface area (Å²) in [6, 6.07) is 0. The maximum atomic E-state index is 5.39. The van der Waals surface area contributed by atoms with Crippen molar-refractivity contribution in [2.24, 2.45) is 0 Å². The summed E-state index contributed by atoms with van der Waals surface area (Å²) >= 11 is 1.59. The van der Waals surface area contributed by atoms with Gasteiger partial charge in [0.2, 0.25) is 11.1 Å². The van der Waals surface area contributed by atoms with Crippen LogP contribution in [0.15, 0.2) is 5.16 Å². The summed E-state index contributed by atoms with van der Waals surface area (Å²) in [4.78, 5) is 3.99. The van der Waals surface area contributed by atoms with Crippen molar-refractivity contribution in [2.45, 2.75) is 23.8 Å². The fourth-order valence-electron chi connectivity index (χ4n) is 0.834. The Bertz CT molecular complexity index is 252. The van der Waals surface area contributed by atoms with E-state index in [1.54, 1.807) is 18.9 Å². The molecule has 13 heavy (non-hydrogen) atoms. The zero-order chi connectivity index (χ0) is 9.68. The van der Waals surface area contributed by atoms with Crippen LogP contribution in [0.5, 0.6) is 0 Å². The number of anilines is 1. The van der Waals surface area contributed by atoms with Crippen molar-refractivity contribution in [1.82, 2.24) is 15.2 Å². The standard InChI is InChI=1S/C7H14N4OS/c1-5(3-4-12-2)13-7-9-6(8)10-11-7/h5H,3-4H2,1-2H3,(H3,8,9,10,11). The summed E-state index contributed by atoms with van der Waals surface area (Å²) in [5, 5.41) is 7.65. The maximum absolute atomic E-state index is 5.39. The van der Waals surface area contributed by atoms with Gasteiger partial charge in [-0.15, -0.1) is 5.10 Å². The van der Waals surface area contributed by atoms with Crippen LogP contribution in [0.25, 0.3) is 0 Å². The molecule has 1 aromatic heterocycles. The highest BCUT2D eigenvalue weighted by molar-refractivity contribution is 7.99. The Morgan fingerprint density at radius 3 is 3.00 bits per heavy atom. The Morgan fingerprint density at radius 2 is 2.46 bits per heavy atom. The zero-order valence-electron chi connectivity index (χ0n) is 7.78. The molecule has 0 aliphatic heterocycles. The lowest BCUT2D eigenvalue weighted by Crippen LogP contribution is -2.01. The van der Waals surface area contributed by atoms with Gasteiger partial charge in [0.25, 0.3) is 0 Å². The summed E-state index contributed by atoms with van der Waals surface area (Å²) < 4.78 is 4.97. The predicted octanol–water partition coefficient (Wildman–Crippen LogP) is 0.904. The SMILES string of the molecule is COCCC(C)Sc1n[nH]c(N)n1. The van der Waals surface area contributed by atoms with E-state index >= 15 is 0 Å². The van der Waals surface area contributed by atoms with E-state index in [4.69, 9.17) is 10.5 Å². The predicted molar refractivity (Wildman–Crippen MR) is 52.6 cm³/mol. The summed E-state index contributed by atoms with van der Waals surface area (Å²) in [6.45, 7) is 2.87. The van der Waals surface area contributed by atoms with Gasteiger partial charge in [-0.2, -0.15) is 4.98 Å². The van der Waals surface area contributed by atoms with E-state index in [-0.39, 0.29) is 0 Å². The molecule has 0 amide bonds. The molecule has 3 N–H and O–H groups in total. The molecule has 0 aliphatic carbocycles. The van der Waals surface area contributed by atoms with Gasteiger partial charge in [-0.1, -0.05) is 18.7 Å². The summed E-state index contributed by atoms with van der Waals surface area (Å²) in [5.41, 5.74) is 5.39. The fraction of sp³-hybridized carbons (Fsp3) is 0.714. The zero-order valence-corrected chi connectivity index (χ0v) is 8.60. The molecule has 0 fully saturated rings. The highest BCUT2D eigenvalue weighted by atomic mass is 32.2. The number of hydrogen-bond donors (Lipinski definition) is 2. The third-order valence-electron chi connectivity index (χ3n) is 1.52. The van der Waals surface area contributed by atoms with Gasteiger partial charge in [-0.25, -0.2) is 5.10 Å². The van der Waals surface area contributed by atoms with Crippen molar-refractivity contribution >= 4 is 17.7 Å². The van der Waals surface area contributed by atoms with Gasteiger partial charge in [-0.3, -0.25) is 0 Å². The molecule has 0 aliphatic rings. The molecule has 0 spiro atoms. The summed E-state index contributed by atoms with van der Waals surface area (Å²) in [7, 11) is 1.70. The maximum Gasteiger partial charge on any atom is 0.216 e. The number of thioether (sulfide) groups is 1. The third-order valence-corrected chi connectivity index (χ3v) is 2.55. The van der Waals surface area contributed by atoms with Crippen LogP contribution in [0.3, 0.4) is 0 Å². The number of hydrogen-bond acceptors (Lipinski definition) is 5. The monoisotopic (exact) mass is 202 g/mol. The number of aromatic nitrogens is 3. The minimum Gasteiger partial charge on any atom is -0.385 e. The molecule has 1 atom stereocenters. The number of nitrogens with one attached hydrogen (secondary N) is 1. The lowest BCUT2D eigenvalue weighted by atomic mass is 10.3. The molecular weight excluding hydrogens is 188 g/mol. The molecule has 0 bridgehead atoms. The molecular formula is C7H14N4OS. The van der Waals surface area contributed by atoms with Crippen LogP contribution in [-0.2, 0) is 4.74 Å². The first-order valence-electron chi connectivity index (χ1n) is 4.06. The molecule has 1 aromatic rings. The number of nitrogen functional groups attached to an aromatic ring is 1. The topological polar surface area (TPSA) is 76.8 Å². The van der Waals surface area contributed by atoms with Gasteiger partial charge in [0.05, 0.1) is 0 Å². The first-order valence-corrected chi connectivity index (χ1v) is 4.94. The van der Waals surface area contributed by atoms with E-state index in [2.05, 4.69) is 22.1 Å². The van der Waals surface area contributed by atoms with E-state index in [0.29, 0.717) is 16.4 Å². The molecule has 0 saturated carbocycles. The van der Waals surface area contributed by atoms with Crippen molar-refractivity contribution in [2.75, 3.05) is 19.5 Å². The number of H-pyrrole nitrogens is 1. The normalized spacial score (nSPS) is 13.1. The molecule has 0 aromatic carbocycles. The van der Waals surface area contributed by atoms with Gasteiger partial charge in [0.1, 0.15) is 0 Å². The minimum atomic E-state index is 0.362. The number of ether oxygens (including phenoxy) is 1. The van der Waals surface area contributed by atoms with E-state index in [9.17, 15) is 0 Å². The molecule has 74 valence electrons. The van der Waals surface area contributed by atoms with E-state index in [1.165, 1.54) is 0 Å². The van der Waals surface area contributed by atoms with Gasteiger partial charge in [0, 0.05) is 19.0 Å². The second-order valence-electron chi connectivity index (χ2n) is 2.71. The van der Waals surface area contributed by atoms with Gasteiger partial charge in [-0.05, 0) is 6.42 Å². The Labute approximate surface area is 81.4 Å². The number of nitrogens with two attached hydrogens (primary N) is 1. The molecule has 0 radical (unpaired) electrons. The van der Waals surface area contributed by atoms with Crippen LogP contribution >= 0.6 is 11.8 Å². The minimum absolute atomic E-state index is 0.362. The van der Waals surface area contributed by atoms with E-state index < -0.39 is 0 Å². The van der Waals surface area contributed by atoms with Gasteiger partial charge in [0.15, 0.2) is 0 Å². The van der Waals surface area contributed by atoms with Gasteiger partial charge < -0.3 is 10.5 Å². The molecule has 6 heteroatoms. The van der Waals surface area contributed by atoms with Crippen LogP contribution in [0, 0.1) is 0 Å². The quantitative estimate of drug-likeness (QED) is 0.694. The highest BCUT2D eigenvalue weighted by Crippen LogP contribution is 2.21. The number of methoxy groups -OCH3 is 1. The molecule has 0 saturated heterocycles. The number of rotatable bonds is 5. The largest absolute Gasteiger partial charge is 0.385 e. The molecule has 1 unspecified atom stereocenters. The Balaban J connectivity index is 2.31. The smallest absolute Gasteiger partial charge is 0.216 e. The van der Waals surface area contributed by atoms with Gasteiger partial charge >= 0.3 is 0 Å². The average molecular weight is 202 g/mol. The van der Waals surface area contributed by atoms with Crippen LogP contribution in [0.1, 0.15) is 13.3 Å². The van der Waals surface area contributed by atoms with Crippen LogP contribution in [-0.4, -0.2) is 34.1 Å². The second-order valence-corrected chi connectivity index (χ2v) is 4.12. The molecule has 1 rings (SSSR count). The Morgan fingerprint density at radius 1 is 1.69 bits per heavy atom. The lowest BCUT2D eigenvalue weighted by Gasteiger charge is -2.06. The van der Waals surface area contributed by atoms with Crippen LogP contribution in [0.4, 0.5) is 5.95 Å². The Hall–Kier alpha value is -0.750. The first-order chi connectivity index (χ1) is 6.22. The second kappa shape index (κ2) is 5.08. The van der Waals surface area contributed by atoms with Crippen molar-refractivity contribution < 1.29 is 4.74 Å². The molecule has 1 heterocycles. The van der Waals surface area contributed by atoms with Crippen molar-refractivity contribution in [3.05, 3.63) is 0 Å². The fourth-order valence-corrected chi connectivity index (χ4v) is 1.66. The van der Waals surface area contributed by atoms with Crippen molar-refractivity contribution in [3.8, 4) is 0 Å². The number of nitrogens with zero attached hydrogens (tertiary/aromatic N) is 2. The lowest BCUT2D eigenvalue weighted by molar-refractivity contribution is 0.195. The van der Waals surface area contributed by atoms with Crippen molar-refractivity contribution in [1.29, 1.82) is 0 Å². The highest BCUT2D eigenvalue weighted by Gasteiger charge is 2.07. The first kappa shape index (κ1) is 10.3. The number of aromatic amines is 1. The van der Waals surface area contributed by atoms with Crippen LogP contribution < -0.4 is 5.73 Å². The summed E-state index contributed by atoms with van der Waals surface area (Å²) in [5.74, 6) is 0.362. The summed E-state index contributed by atoms with van der Waals surface area (Å²) in [6.07, 6.45) is 0.982. The Kier molecular flexibility index (Phi) is 4.04. The van der Waals surface area contributed by atoms with Crippen LogP contribution in [0.2, 0.25) is 0 Å². The van der Waals surface area contributed by atoms with E-state index in [0.717, 1.165) is 13.0 Å². The average Bonchev–Trinajstić information content (AvgIpc) is 2.48. The third kappa shape index (κ3) is 3.65. The molecule has 5 nitrogen and oxygen atoms in total. The van der Waals surface area contributed by atoms with E-state index in [1.807, 2.05) is 0 Å².